The molecule has 0 spiro atoms. The van der Waals surface area contributed by atoms with Crippen molar-refractivity contribution < 1.29 is 4.79 Å². The first kappa shape index (κ1) is 17.7. The molecule has 1 rings (SSSR count). The fourth-order valence-electron chi connectivity index (χ4n) is 2.00. The summed E-state index contributed by atoms with van der Waals surface area (Å²) in [6.07, 6.45) is 1.06. The maximum Gasteiger partial charge on any atom is 0.252 e. The van der Waals surface area contributed by atoms with Crippen LogP contribution < -0.4 is 5.32 Å². The lowest BCUT2D eigenvalue weighted by molar-refractivity contribution is 0.0937. The van der Waals surface area contributed by atoms with Crippen molar-refractivity contribution in [1.82, 2.24) is 10.2 Å². The maximum atomic E-state index is 12.2. The number of hydrogen-bond acceptors (Lipinski definition) is 2. The van der Waals surface area contributed by atoms with E-state index in [1.807, 2.05) is 18.2 Å². The van der Waals surface area contributed by atoms with Crippen LogP contribution in [0.25, 0.3) is 0 Å². The zero-order valence-electron chi connectivity index (χ0n) is 12.4. The van der Waals surface area contributed by atoms with Crippen LogP contribution in [-0.2, 0) is 0 Å². The van der Waals surface area contributed by atoms with Gasteiger partial charge in [-0.05, 0) is 60.6 Å². The van der Waals surface area contributed by atoms with Crippen LogP contribution in [-0.4, -0.2) is 37.5 Å². The molecule has 0 aromatic heterocycles. The number of nitrogens with one attached hydrogen (secondary N) is 1. The van der Waals surface area contributed by atoms with E-state index >= 15 is 0 Å². The lowest BCUT2D eigenvalue weighted by Gasteiger charge is -2.26. The van der Waals surface area contributed by atoms with Crippen molar-refractivity contribution in [1.29, 1.82) is 0 Å². The summed E-state index contributed by atoms with van der Waals surface area (Å²) in [5.74, 6) is 0.568. The summed E-state index contributed by atoms with van der Waals surface area (Å²) < 4.78 is 1.75. The molecule has 112 valence electrons. The van der Waals surface area contributed by atoms with Gasteiger partial charge in [0.2, 0.25) is 0 Å². The Kier molecular flexibility index (Phi) is 7.20. The van der Waals surface area contributed by atoms with E-state index in [1.165, 1.54) is 0 Å². The first-order valence-corrected chi connectivity index (χ1v) is 8.29. The average molecular weight is 406 g/mol. The van der Waals surface area contributed by atoms with Gasteiger partial charge in [-0.3, -0.25) is 4.79 Å². The molecular weight excluding hydrogens is 384 g/mol. The minimum Gasteiger partial charge on any atom is -0.350 e. The fraction of sp³-hybridized carbons (Fsp3) is 0.533. The van der Waals surface area contributed by atoms with Crippen molar-refractivity contribution in [2.75, 3.05) is 20.6 Å². The molecule has 0 saturated carbocycles. The largest absolute Gasteiger partial charge is 0.350 e. The molecule has 0 fully saturated rings. The van der Waals surface area contributed by atoms with Crippen molar-refractivity contribution in [2.24, 2.45) is 5.92 Å². The Morgan fingerprint density at radius 2 is 1.95 bits per heavy atom. The molecule has 20 heavy (non-hydrogen) atoms. The van der Waals surface area contributed by atoms with Crippen molar-refractivity contribution in [3.63, 3.8) is 0 Å². The SMILES string of the molecule is CC(C)CC(CNC(=O)c1ccc(Br)cc1Br)N(C)C. The van der Waals surface area contributed by atoms with Gasteiger partial charge in [-0.2, -0.15) is 0 Å². The third kappa shape index (κ3) is 5.54. The molecule has 0 aliphatic carbocycles. The van der Waals surface area contributed by atoms with Gasteiger partial charge in [0, 0.05) is 21.5 Å². The summed E-state index contributed by atoms with van der Waals surface area (Å²) in [4.78, 5) is 14.4. The molecule has 1 atom stereocenters. The lowest BCUT2D eigenvalue weighted by Crippen LogP contribution is -2.41. The van der Waals surface area contributed by atoms with Crippen molar-refractivity contribution >= 4 is 37.8 Å². The van der Waals surface area contributed by atoms with Gasteiger partial charge in [-0.1, -0.05) is 29.8 Å². The quantitative estimate of drug-likeness (QED) is 0.777. The number of hydrogen-bond donors (Lipinski definition) is 1. The standard InChI is InChI=1S/C15H22Br2N2O/c1-10(2)7-12(19(3)4)9-18-15(20)13-6-5-11(16)8-14(13)17/h5-6,8,10,12H,7,9H2,1-4H3,(H,18,20). The van der Waals surface area contributed by atoms with E-state index in [2.05, 4.69) is 70.0 Å². The summed E-state index contributed by atoms with van der Waals surface area (Å²) >= 11 is 6.81. The van der Waals surface area contributed by atoms with Gasteiger partial charge in [0.15, 0.2) is 0 Å². The molecule has 0 saturated heterocycles. The normalized spacial score (nSPS) is 12.8. The Bertz CT molecular complexity index is 461. The molecule has 0 bridgehead atoms. The topological polar surface area (TPSA) is 32.3 Å². The van der Waals surface area contributed by atoms with Crippen molar-refractivity contribution in [3.05, 3.63) is 32.7 Å². The van der Waals surface area contributed by atoms with E-state index < -0.39 is 0 Å². The van der Waals surface area contributed by atoms with Gasteiger partial charge in [-0.25, -0.2) is 0 Å². The van der Waals surface area contributed by atoms with E-state index in [4.69, 9.17) is 0 Å². The monoisotopic (exact) mass is 404 g/mol. The zero-order chi connectivity index (χ0) is 15.3. The van der Waals surface area contributed by atoms with Crippen molar-refractivity contribution in [3.8, 4) is 0 Å². The average Bonchev–Trinajstić information content (AvgIpc) is 2.33. The second-order valence-corrected chi connectivity index (χ2v) is 7.35. The molecule has 1 aromatic carbocycles. The Labute approximate surface area is 138 Å². The molecular formula is C15H22Br2N2O. The van der Waals surface area contributed by atoms with Crippen LogP contribution in [0.5, 0.6) is 0 Å². The number of benzene rings is 1. The van der Waals surface area contributed by atoms with E-state index in [9.17, 15) is 4.79 Å². The fourth-order valence-corrected chi connectivity index (χ4v) is 3.23. The summed E-state index contributed by atoms with van der Waals surface area (Å²) in [5.41, 5.74) is 0.662. The Balaban J connectivity index is 2.65. The van der Waals surface area contributed by atoms with Gasteiger partial charge >= 0.3 is 0 Å². The summed E-state index contributed by atoms with van der Waals surface area (Å²) in [6, 6.07) is 5.92. The minimum absolute atomic E-state index is 0.0417. The third-order valence-corrected chi connectivity index (χ3v) is 4.30. The highest BCUT2D eigenvalue weighted by Crippen LogP contribution is 2.21. The van der Waals surface area contributed by atoms with E-state index in [1.54, 1.807) is 0 Å². The van der Waals surface area contributed by atoms with Gasteiger partial charge in [-0.15, -0.1) is 0 Å². The van der Waals surface area contributed by atoms with Crippen molar-refractivity contribution in [2.45, 2.75) is 26.3 Å². The third-order valence-electron chi connectivity index (χ3n) is 3.15. The smallest absolute Gasteiger partial charge is 0.252 e. The molecule has 0 aliphatic rings. The first-order valence-electron chi connectivity index (χ1n) is 6.71. The van der Waals surface area contributed by atoms with E-state index in [0.717, 1.165) is 15.4 Å². The Morgan fingerprint density at radius 1 is 1.30 bits per heavy atom. The summed E-state index contributed by atoms with van der Waals surface area (Å²) in [6.45, 7) is 5.06. The van der Waals surface area contributed by atoms with E-state index in [-0.39, 0.29) is 5.91 Å². The first-order chi connectivity index (χ1) is 9.31. The minimum atomic E-state index is -0.0417. The summed E-state index contributed by atoms with van der Waals surface area (Å²) in [7, 11) is 4.10. The van der Waals surface area contributed by atoms with Gasteiger partial charge in [0.25, 0.3) is 5.91 Å². The van der Waals surface area contributed by atoms with Crippen LogP contribution in [0.4, 0.5) is 0 Å². The molecule has 5 heteroatoms. The number of nitrogens with zero attached hydrogens (tertiary/aromatic N) is 1. The van der Waals surface area contributed by atoms with Gasteiger partial charge < -0.3 is 10.2 Å². The van der Waals surface area contributed by atoms with Crippen LogP contribution in [0.2, 0.25) is 0 Å². The number of amides is 1. The molecule has 1 N–H and O–H groups in total. The molecule has 0 aliphatic heterocycles. The number of carbonyl (C=O) groups is 1. The van der Waals surface area contributed by atoms with Crippen LogP contribution in [0, 0.1) is 5.92 Å². The second-order valence-electron chi connectivity index (χ2n) is 5.58. The molecule has 0 heterocycles. The molecule has 1 amide bonds. The highest BCUT2D eigenvalue weighted by molar-refractivity contribution is 9.11. The lowest BCUT2D eigenvalue weighted by atomic mass is 10.0. The van der Waals surface area contributed by atoms with E-state index in [0.29, 0.717) is 24.1 Å². The Morgan fingerprint density at radius 3 is 2.45 bits per heavy atom. The second kappa shape index (κ2) is 8.15. The maximum absolute atomic E-state index is 12.2. The van der Waals surface area contributed by atoms with Crippen LogP contribution in [0.15, 0.2) is 27.1 Å². The highest BCUT2D eigenvalue weighted by Gasteiger charge is 2.16. The predicted octanol–water partition coefficient (Wildman–Crippen LogP) is 3.92. The number of halogens is 2. The van der Waals surface area contributed by atoms with Crippen LogP contribution >= 0.6 is 31.9 Å². The zero-order valence-corrected chi connectivity index (χ0v) is 15.6. The Hall–Kier alpha value is -0.390. The van der Waals surface area contributed by atoms with Gasteiger partial charge in [0.05, 0.1) is 5.56 Å². The number of rotatable bonds is 6. The molecule has 1 aromatic rings. The predicted molar refractivity (Wildman–Crippen MR) is 91.1 cm³/mol. The van der Waals surface area contributed by atoms with Crippen LogP contribution in [0.3, 0.4) is 0 Å². The summed E-state index contributed by atoms with van der Waals surface area (Å²) in [5, 5.41) is 3.02. The number of carbonyl (C=O) groups excluding carboxylic acids is 1. The number of likely N-dealkylation sites (N-methyl/N-ethyl adjacent to an activating group) is 1. The highest BCUT2D eigenvalue weighted by atomic mass is 79.9. The molecule has 3 nitrogen and oxygen atoms in total. The van der Waals surface area contributed by atoms with Gasteiger partial charge in [0.1, 0.15) is 0 Å². The molecule has 0 radical (unpaired) electrons. The van der Waals surface area contributed by atoms with Crippen LogP contribution in [0.1, 0.15) is 30.6 Å². The molecule has 1 unspecified atom stereocenters.